The van der Waals surface area contributed by atoms with Gasteiger partial charge in [-0.15, -0.1) is 0 Å². The highest BCUT2D eigenvalue weighted by molar-refractivity contribution is 5.63. The van der Waals surface area contributed by atoms with Gasteiger partial charge >= 0.3 is 0 Å². The summed E-state index contributed by atoms with van der Waals surface area (Å²) in [6.45, 7) is 2.10. The molecule has 0 aliphatic heterocycles. The second kappa shape index (κ2) is 8.14. The van der Waals surface area contributed by atoms with Gasteiger partial charge in [0.25, 0.3) is 5.89 Å². The molecule has 0 radical (unpaired) electrons. The molecule has 0 aliphatic rings. The van der Waals surface area contributed by atoms with Gasteiger partial charge in [0.2, 0.25) is 5.82 Å². The van der Waals surface area contributed by atoms with Crippen LogP contribution in [0.5, 0.6) is 11.5 Å². The van der Waals surface area contributed by atoms with Crippen LogP contribution in [-0.2, 0) is 6.61 Å². The smallest absolute Gasteiger partial charge is 0.258 e. The minimum Gasteiger partial charge on any atom is -0.493 e. The molecule has 1 aromatic heterocycles. The maximum Gasteiger partial charge on any atom is 0.258 e. The van der Waals surface area contributed by atoms with E-state index in [1.807, 2.05) is 37.3 Å². The molecule has 0 fully saturated rings. The Morgan fingerprint density at radius 2 is 1.79 bits per heavy atom. The number of aryl methyl sites for hydroxylation is 1. The SMILES string of the molecule is COc1cc(-c2noc(-c3cccc(C)c3)n2)ccc1OCc1ccccc1F. The molecular weight excluding hydrogens is 371 g/mol. The largest absolute Gasteiger partial charge is 0.493 e. The molecule has 29 heavy (non-hydrogen) atoms. The topological polar surface area (TPSA) is 57.4 Å². The van der Waals surface area contributed by atoms with Crippen molar-refractivity contribution in [2.24, 2.45) is 0 Å². The van der Waals surface area contributed by atoms with Gasteiger partial charge in [-0.3, -0.25) is 0 Å². The molecule has 0 saturated heterocycles. The molecule has 0 aliphatic carbocycles. The third-order valence-electron chi connectivity index (χ3n) is 4.45. The van der Waals surface area contributed by atoms with Gasteiger partial charge < -0.3 is 14.0 Å². The van der Waals surface area contributed by atoms with Gasteiger partial charge in [-0.25, -0.2) is 4.39 Å². The third-order valence-corrected chi connectivity index (χ3v) is 4.45. The minimum atomic E-state index is -0.307. The molecule has 1 heterocycles. The molecule has 0 spiro atoms. The molecule has 4 rings (SSSR count). The number of hydrogen-bond acceptors (Lipinski definition) is 5. The Labute approximate surface area is 167 Å². The van der Waals surface area contributed by atoms with E-state index in [0.717, 1.165) is 16.7 Å². The summed E-state index contributed by atoms with van der Waals surface area (Å²) in [4.78, 5) is 4.48. The van der Waals surface area contributed by atoms with Crippen LogP contribution >= 0.6 is 0 Å². The second-order valence-corrected chi connectivity index (χ2v) is 6.54. The number of aromatic nitrogens is 2. The molecule has 4 aromatic rings. The van der Waals surface area contributed by atoms with Crippen LogP contribution in [0.3, 0.4) is 0 Å². The Morgan fingerprint density at radius 1 is 0.931 bits per heavy atom. The lowest BCUT2D eigenvalue weighted by Crippen LogP contribution is -2.00. The molecule has 6 heteroatoms. The van der Waals surface area contributed by atoms with Crippen LogP contribution in [0, 0.1) is 12.7 Å². The molecule has 0 saturated carbocycles. The van der Waals surface area contributed by atoms with Gasteiger partial charge in [0, 0.05) is 16.7 Å². The Morgan fingerprint density at radius 3 is 2.59 bits per heavy atom. The number of nitrogens with zero attached hydrogens (tertiary/aromatic N) is 2. The van der Waals surface area contributed by atoms with Crippen LogP contribution in [0.15, 0.2) is 71.3 Å². The van der Waals surface area contributed by atoms with Crippen molar-refractivity contribution >= 4 is 0 Å². The molecule has 0 N–H and O–H groups in total. The molecule has 0 bridgehead atoms. The van der Waals surface area contributed by atoms with Gasteiger partial charge in [0.05, 0.1) is 7.11 Å². The molecule has 3 aromatic carbocycles. The van der Waals surface area contributed by atoms with Crippen molar-refractivity contribution < 1.29 is 18.4 Å². The Hall–Kier alpha value is -3.67. The maximum absolute atomic E-state index is 13.8. The fraction of sp³-hybridized carbons (Fsp3) is 0.130. The van der Waals surface area contributed by atoms with E-state index < -0.39 is 0 Å². The summed E-state index contributed by atoms with van der Waals surface area (Å²) in [5.41, 5.74) is 3.17. The normalized spacial score (nSPS) is 10.7. The van der Waals surface area contributed by atoms with Gasteiger partial charge in [0.1, 0.15) is 12.4 Å². The molecule has 0 atom stereocenters. The first kappa shape index (κ1) is 18.7. The number of hydrogen-bond donors (Lipinski definition) is 0. The van der Waals surface area contributed by atoms with E-state index in [1.54, 1.807) is 37.4 Å². The van der Waals surface area contributed by atoms with Crippen molar-refractivity contribution in [1.29, 1.82) is 0 Å². The summed E-state index contributed by atoms with van der Waals surface area (Å²) in [5, 5.41) is 4.07. The van der Waals surface area contributed by atoms with E-state index in [2.05, 4.69) is 10.1 Å². The number of methoxy groups -OCH3 is 1. The molecule has 5 nitrogen and oxygen atoms in total. The van der Waals surface area contributed by atoms with E-state index >= 15 is 0 Å². The van der Waals surface area contributed by atoms with Gasteiger partial charge in [-0.2, -0.15) is 4.98 Å². The molecular formula is C23H19FN2O3. The highest BCUT2D eigenvalue weighted by atomic mass is 19.1. The molecule has 146 valence electrons. The number of benzene rings is 3. The average molecular weight is 390 g/mol. The Balaban J connectivity index is 1.56. The quantitative estimate of drug-likeness (QED) is 0.439. The first-order valence-corrected chi connectivity index (χ1v) is 9.09. The van der Waals surface area contributed by atoms with Crippen molar-refractivity contribution in [2.75, 3.05) is 7.11 Å². The summed E-state index contributed by atoms with van der Waals surface area (Å²) in [6, 6.07) is 19.7. The summed E-state index contributed by atoms with van der Waals surface area (Å²) in [6.07, 6.45) is 0. The van der Waals surface area contributed by atoms with Crippen molar-refractivity contribution in [3.8, 4) is 34.3 Å². The maximum atomic E-state index is 13.8. The Kier molecular flexibility index (Phi) is 5.24. The van der Waals surface area contributed by atoms with E-state index in [1.165, 1.54) is 6.07 Å². The van der Waals surface area contributed by atoms with E-state index in [0.29, 0.717) is 28.8 Å². The first-order chi connectivity index (χ1) is 14.1. The first-order valence-electron chi connectivity index (χ1n) is 9.09. The third kappa shape index (κ3) is 4.11. The highest BCUT2D eigenvalue weighted by Gasteiger charge is 2.14. The van der Waals surface area contributed by atoms with E-state index in [9.17, 15) is 4.39 Å². The molecule has 0 amide bonds. The fourth-order valence-electron chi connectivity index (χ4n) is 2.93. The summed E-state index contributed by atoms with van der Waals surface area (Å²) in [7, 11) is 1.55. The zero-order valence-electron chi connectivity index (χ0n) is 16.1. The predicted octanol–water partition coefficient (Wildman–Crippen LogP) is 5.44. The summed E-state index contributed by atoms with van der Waals surface area (Å²) < 4.78 is 30.4. The number of halogens is 1. The molecule has 0 unspecified atom stereocenters. The lowest BCUT2D eigenvalue weighted by Gasteiger charge is -2.11. The summed E-state index contributed by atoms with van der Waals surface area (Å²) in [5.74, 6) is 1.59. The number of ether oxygens (including phenoxy) is 2. The fourth-order valence-corrected chi connectivity index (χ4v) is 2.93. The van der Waals surface area contributed by atoms with Gasteiger partial charge in [-0.05, 0) is 43.3 Å². The van der Waals surface area contributed by atoms with Crippen LogP contribution in [0.1, 0.15) is 11.1 Å². The van der Waals surface area contributed by atoms with E-state index in [4.69, 9.17) is 14.0 Å². The van der Waals surface area contributed by atoms with Crippen LogP contribution in [0.4, 0.5) is 4.39 Å². The van der Waals surface area contributed by atoms with Crippen molar-refractivity contribution in [3.05, 3.63) is 83.7 Å². The van der Waals surface area contributed by atoms with Crippen molar-refractivity contribution in [1.82, 2.24) is 10.1 Å². The zero-order chi connectivity index (χ0) is 20.2. The Bertz CT molecular complexity index is 1140. The van der Waals surface area contributed by atoms with Crippen LogP contribution in [0.2, 0.25) is 0 Å². The van der Waals surface area contributed by atoms with Crippen molar-refractivity contribution in [3.63, 3.8) is 0 Å². The standard InChI is InChI=1S/C23H19FN2O3/c1-15-6-5-8-17(12-15)23-25-22(26-29-23)16-10-11-20(21(13-16)27-2)28-14-18-7-3-4-9-19(18)24/h3-13H,14H2,1-2H3. The monoisotopic (exact) mass is 390 g/mol. The number of rotatable bonds is 6. The summed E-state index contributed by atoms with van der Waals surface area (Å²) >= 11 is 0. The highest BCUT2D eigenvalue weighted by Crippen LogP contribution is 2.33. The van der Waals surface area contributed by atoms with Crippen LogP contribution < -0.4 is 9.47 Å². The zero-order valence-corrected chi connectivity index (χ0v) is 16.1. The van der Waals surface area contributed by atoms with Crippen LogP contribution in [0.25, 0.3) is 22.8 Å². The minimum absolute atomic E-state index is 0.0993. The predicted molar refractivity (Wildman–Crippen MR) is 107 cm³/mol. The van der Waals surface area contributed by atoms with Gasteiger partial charge in [0.15, 0.2) is 11.5 Å². The average Bonchev–Trinajstić information content (AvgIpc) is 3.23. The second-order valence-electron chi connectivity index (χ2n) is 6.54. The lowest BCUT2D eigenvalue weighted by atomic mass is 10.1. The van der Waals surface area contributed by atoms with Crippen LogP contribution in [-0.4, -0.2) is 17.3 Å². The van der Waals surface area contributed by atoms with E-state index in [-0.39, 0.29) is 12.4 Å². The van der Waals surface area contributed by atoms with Crippen molar-refractivity contribution in [2.45, 2.75) is 13.5 Å². The lowest BCUT2D eigenvalue weighted by molar-refractivity contribution is 0.280. The van der Waals surface area contributed by atoms with Gasteiger partial charge in [-0.1, -0.05) is 41.1 Å².